The molecule has 1 N–H and O–H groups in total. The van der Waals surface area contributed by atoms with Crippen molar-refractivity contribution in [3.63, 3.8) is 0 Å². The minimum absolute atomic E-state index is 0.0411. The number of hydrogen-bond acceptors (Lipinski definition) is 2. The number of rotatable bonds is 6. The first kappa shape index (κ1) is 18.7. The maximum Gasteiger partial charge on any atom is 0.270 e. The average molecular weight is 368 g/mol. The standard InChI is InChI=1S/C22H26N2OS/c1-3-16-9-11-18(12-10-16)21(25)20(22(26)23-4-2)24-14-13-17-7-5-6-8-19(17)15-24/h9-15,20H,3-8H2,1-2H3/p+1/t20-/m1/s1. The summed E-state index contributed by atoms with van der Waals surface area (Å²) >= 11 is 5.58. The fourth-order valence-corrected chi connectivity index (χ4v) is 3.95. The van der Waals surface area contributed by atoms with Crippen LogP contribution in [0.3, 0.4) is 0 Å². The molecule has 1 aliphatic rings. The Labute approximate surface area is 161 Å². The molecule has 0 fully saturated rings. The molecule has 136 valence electrons. The molecule has 1 aromatic heterocycles. The van der Waals surface area contributed by atoms with Crippen LogP contribution in [0, 0.1) is 0 Å². The maximum atomic E-state index is 13.3. The SMILES string of the molecule is CCNC(=S)[C@@H](C(=O)c1ccc(CC)cc1)[n+]1ccc2c(c1)CCCC2. The number of ketones is 1. The number of benzene rings is 1. The fraction of sp³-hybridized carbons (Fsp3) is 0.409. The van der Waals surface area contributed by atoms with Crippen LogP contribution in [0.4, 0.5) is 0 Å². The predicted molar refractivity (Wildman–Crippen MR) is 109 cm³/mol. The Morgan fingerprint density at radius 2 is 1.81 bits per heavy atom. The molecule has 3 nitrogen and oxygen atoms in total. The summed E-state index contributed by atoms with van der Waals surface area (Å²) in [6, 6.07) is 9.55. The normalized spacial score (nSPS) is 14.4. The van der Waals surface area contributed by atoms with E-state index in [1.165, 1.54) is 29.5 Å². The second kappa shape index (κ2) is 8.54. The van der Waals surface area contributed by atoms with E-state index in [2.05, 4.69) is 24.5 Å². The van der Waals surface area contributed by atoms with Crippen molar-refractivity contribution in [2.24, 2.45) is 0 Å². The van der Waals surface area contributed by atoms with E-state index < -0.39 is 6.04 Å². The molecule has 1 aromatic carbocycles. The molecule has 26 heavy (non-hydrogen) atoms. The Morgan fingerprint density at radius 1 is 1.12 bits per heavy atom. The van der Waals surface area contributed by atoms with Crippen LogP contribution in [-0.4, -0.2) is 17.3 Å². The minimum Gasteiger partial charge on any atom is -0.374 e. The summed E-state index contributed by atoms with van der Waals surface area (Å²) in [6.07, 6.45) is 9.77. The van der Waals surface area contributed by atoms with Gasteiger partial charge in [0, 0.05) is 23.7 Å². The van der Waals surface area contributed by atoms with Crippen LogP contribution < -0.4 is 9.88 Å². The van der Waals surface area contributed by atoms with E-state index in [1.807, 2.05) is 42.0 Å². The van der Waals surface area contributed by atoms with Gasteiger partial charge in [-0.3, -0.25) is 4.79 Å². The summed E-state index contributed by atoms with van der Waals surface area (Å²) in [6.45, 7) is 4.83. The van der Waals surface area contributed by atoms with Gasteiger partial charge in [-0.05, 0) is 50.2 Å². The van der Waals surface area contributed by atoms with E-state index in [9.17, 15) is 4.79 Å². The first-order valence-electron chi connectivity index (χ1n) is 9.57. The number of pyridine rings is 1. The Kier molecular flexibility index (Phi) is 6.15. The lowest BCUT2D eigenvalue weighted by Crippen LogP contribution is -2.51. The van der Waals surface area contributed by atoms with Crippen LogP contribution >= 0.6 is 12.2 Å². The summed E-state index contributed by atoms with van der Waals surface area (Å²) in [7, 11) is 0. The first-order chi connectivity index (χ1) is 12.6. The summed E-state index contributed by atoms with van der Waals surface area (Å²) < 4.78 is 1.99. The number of hydrogen-bond donors (Lipinski definition) is 1. The molecule has 0 saturated carbocycles. The molecule has 1 heterocycles. The number of fused-ring (bicyclic) bond motifs is 1. The minimum atomic E-state index is -0.496. The van der Waals surface area contributed by atoms with Crippen molar-refractivity contribution in [1.82, 2.24) is 5.32 Å². The summed E-state index contributed by atoms with van der Waals surface area (Å²) in [5, 5.41) is 3.19. The summed E-state index contributed by atoms with van der Waals surface area (Å²) in [5.41, 5.74) is 4.68. The van der Waals surface area contributed by atoms with Crippen molar-refractivity contribution in [2.75, 3.05) is 6.54 Å². The highest BCUT2D eigenvalue weighted by molar-refractivity contribution is 7.80. The molecule has 0 saturated heterocycles. The predicted octanol–water partition coefficient (Wildman–Crippen LogP) is 3.78. The molecule has 2 aromatic rings. The Balaban J connectivity index is 1.96. The van der Waals surface area contributed by atoms with Gasteiger partial charge in [-0.2, -0.15) is 4.57 Å². The first-order valence-corrected chi connectivity index (χ1v) is 9.98. The lowest BCUT2D eigenvalue weighted by molar-refractivity contribution is -0.692. The zero-order chi connectivity index (χ0) is 18.5. The molecule has 1 atom stereocenters. The third kappa shape index (κ3) is 4.01. The monoisotopic (exact) mass is 367 g/mol. The highest BCUT2D eigenvalue weighted by atomic mass is 32.1. The molecule has 1 aliphatic carbocycles. The number of aryl methyl sites for hydroxylation is 3. The van der Waals surface area contributed by atoms with E-state index in [-0.39, 0.29) is 5.78 Å². The van der Waals surface area contributed by atoms with Gasteiger partial charge in [-0.25, -0.2) is 0 Å². The number of carbonyl (C=O) groups is 1. The second-order valence-corrected chi connectivity index (χ2v) is 7.30. The topological polar surface area (TPSA) is 33.0 Å². The highest BCUT2D eigenvalue weighted by Gasteiger charge is 2.33. The van der Waals surface area contributed by atoms with Gasteiger partial charge in [-0.15, -0.1) is 0 Å². The molecule has 0 amide bonds. The van der Waals surface area contributed by atoms with E-state index in [0.29, 0.717) is 17.1 Å². The van der Waals surface area contributed by atoms with Crippen molar-refractivity contribution in [1.29, 1.82) is 0 Å². The number of thiocarbonyl (C=S) groups is 1. The van der Waals surface area contributed by atoms with Crippen molar-refractivity contribution in [3.8, 4) is 0 Å². The van der Waals surface area contributed by atoms with E-state index in [4.69, 9.17) is 12.2 Å². The molecule has 0 bridgehead atoms. The molecule has 0 unspecified atom stereocenters. The smallest absolute Gasteiger partial charge is 0.270 e. The lowest BCUT2D eigenvalue weighted by Gasteiger charge is -2.18. The number of nitrogens with one attached hydrogen (secondary N) is 1. The molecule has 0 radical (unpaired) electrons. The van der Waals surface area contributed by atoms with Crippen LogP contribution in [-0.2, 0) is 19.3 Å². The third-order valence-corrected chi connectivity index (χ3v) is 5.47. The number of aromatic nitrogens is 1. The Bertz CT molecular complexity index is 798. The maximum absolute atomic E-state index is 13.3. The van der Waals surface area contributed by atoms with Crippen molar-refractivity contribution in [2.45, 2.75) is 52.0 Å². The van der Waals surface area contributed by atoms with Gasteiger partial charge in [0.15, 0.2) is 17.4 Å². The fourth-order valence-electron chi connectivity index (χ4n) is 3.57. The Hall–Kier alpha value is -2.07. The van der Waals surface area contributed by atoms with Crippen LogP contribution in [0.1, 0.15) is 59.8 Å². The Morgan fingerprint density at radius 3 is 2.46 bits per heavy atom. The molecule has 3 rings (SSSR count). The molecular weight excluding hydrogens is 340 g/mol. The van der Waals surface area contributed by atoms with Crippen LogP contribution in [0.2, 0.25) is 0 Å². The van der Waals surface area contributed by atoms with Crippen molar-refractivity contribution >= 4 is 23.0 Å². The van der Waals surface area contributed by atoms with E-state index in [1.54, 1.807) is 0 Å². The van der Waals surface area contributed by atoms with Gasteiger partial charge in [0.25, 0.3) is 6.04 Å². The molecule has 4 heteroatoms. The number of Topliss-reactive ketones (excluding diaryl/α,β-unsaturated/α-hetero) is 1. The van der Waals surface area contributed by atoms with Crippen LogP contribution in [0.15, 0.2) is 42.7 Å². The quantitative estimate of drug-likeness (QED) is 0.479. The van der Waals surface area contributed by atoms with Gasteiger partial charge in [0.05, 0.1) is 0 Å². The second-order valence-electron chi connectivity index (χ2n) is 6.86. The molecular formula is C22H27N2OS+. The largest absolute Gasteiger partial charge is 0.374 e. The average Bonchev–Trinajstić information content (AvgIpc) is 2.68. The highest BCUT2D eigenvalue weighted by Crippen LogP contribution is 2.20. The van der Waals surface area contributed by atoms with E-state index >= 15 is 0 Å². The van der Waals surface area contributed by atoms with Crippen molar-refractivity contribution in [3.05, 3.63) is 65.0 Å². The van der Waals surface area contributed by atoms with Gasteiger partial charge < -0.3 is 5.32 Å². The van der Waals surface area contributed by atoms with Gasteiger partial charge >= 0.3 is 0 Å². The third-order valence-electron chi connectivity index (χ3n) is 5.10. The van der Waals surface area contributed by atoms with Crippen molar-refractivity contribution < 1.29 is 9.36 Å². The summed E-state index contributed by atoms with van der Waals surface area (Å²) in [5.74, 6) is 0.0411. The van der Waals surface area contributed by atoms with Crippen LogP contribution in [0.5, 0.6) is 0 Å². The number of likely N-dealkylation sites (N-methyl/N-ethyl adjacent to an activating group) is 1. The number of carbonyl (C=O) groups excluding carboxylic acids is 1. The zero-order valence-electron chi connectivity index (χ0n) is 15.6. The molecule has 0 aliphatic heterocycles. The lowest BCUT2D eigenvalue weighted by atomic mass is 9.93. The van der Waals surface area contributed by atoms with Gasteiger partial charge in [-0.1, -0.05) is 43.4 Å². The van der Waals surface area contributed by atoms with Gasteiger partial charge in [0.2, 0.25) is 5.78 Å². The molecule has 0 spiro atoms. The number of nitrogens with zero attached hydrogens (tertiary/aromatic N) is 1. The zero-order valence-corrected chi connectivity index (χ0v) is 16.4. The van der Waals surface area contributed by atoms with Gasteiger partial charge in [0.1, 0.15) is 0 Å². The van der Waals surface area contributed by atoms with E-state index in [0.717, 1.165) is 19.3 Å². The summed E-state index contributed by atoms with van der Waals surface area (Å²) in [4.78, 5) is 13.9. The van der Waals surface area contributed by atoms with Crippen LogP contribution in [0.25, 0.3) is 0 Å².